The standard InChI is InChI=1S/C20H24N2OS/c23-20-17(13-14-7-3-1-4-8-14)21-18(15-9-5-2-6-10-15)19-16(22-20)11-12-24-19/h1,3-4,7-8,11-12,15,17-18,21H,2,5-6,9-10,13H2,(H,22,23)/t17-,18-/m0/s1. The monoisotopic (exact) mass is 340 g/mol. The van der Waals surface area contributed by atoms with Crippen molar-refractivity contribution in [1.29, 1.82) is 0 Å². The van der Waals surface area contributed by atoms with Crippen LogP contribution < -0.4 is 10.6 Å². The van der Waals surface area contributed by atoms with Gasteiger partial charge >= 0.3 is 0 Å². The average molecular weight is 340 g/mol. The summed E-state index contributed by atoms with van der Waals surface area (Å²) in [7, 11) is 0. The highest BCUT2D eigenvalue weighted by Crippen LogP contribution is 2.41. The van der Waals surface area contributed by atoms with Crippen LogP contribution in [0, 0.1) is 5.92 Å². The maximum Gasteiger partial charge on any atom is 0.241 e. The molecule has 1 fully saturated rings. The number of thiophene rings is 1. The lowest BCUT2D eigenvalue weighted by Gasteiger charge is -2.31. The smallest absolute Gasteiger partial charge is 0.241 e. The van der Waals surface area contributed by atoms with E-state index in [1.807, 2.05) is 18.2 Å². The zero-order valence-corrected chi connectivity index (χ0v) is 14.6. The molecule has 126 valence electrons. The second-order valence-electron chi connectivity index (χ2n) is 6.97. The highest BCUT2D eigenvalue weighted by molar-refractivity contribution is 7.10. The van der Waals surface area contributed by atoms with Gasteiger partial charge in [0.15, 0.2) is 0 Å². The van der Waals surface area contributed by atoms with Crippen LogP contribution in [0.3, 0.4) is 0 Å². The Kier molecular flexibility index (Phi) is 4.67. The molecule has 4 heteroatoms. The predicted octanol–water partition coefficient (Wildman–Crippen LogP) is 4.52. The highest BCUT2D eigenvalue weighted by Gasteiger charge is 2.35. The maximum absolute atomic E-state index is 12.7. The molecule has 1 saturated carbocycles. The lowest BCUT2D eigenvalue weighted by atomic mass is 9.83. The van der Waals surface area contributed by atoms with Crippen molar-refractivity contribution in [2.45, 2.75) is 50.6 Å². The molecule has 0 bridgehead atoms. The van der Waals surface area contributed by atoms with Gasteiger partial charge in [0.1, 0.15) is 0 Å². The quantitative estimate of drug-likeness (QED) is 0.862. The fourth-order valence-corrected chi connectivity index (χ4v) is 5.08. The zero-order chi connectivity index (χ0) is 16.4. The van der Waals surface area contributed by atoms with Crippen molar-refractivity contribution in [2.24, 2.45) is 5.92 Å². The summed E-state index contributed by atoms with van der Waals surface area (Å²) in [6.45, 7) is 0. The largest absolute Gasteiger partial charge is 0.324 e. The summed E-state index contributed by atoms with van der Waals surface area (Å²) in [5, 5.41) is 8.97. The number of carbonyl (C=O) groups excluding carboxylic acids is 1. The third-order valence-corrected chi connectivity index (χ3v) is 6.34. The molecule has 0 spiro atoms. The van der Waals surface area contributed by atoms with E-state index < -0.39 is 0 Å². The Balaban J connectivity index is 1.60. The fourth-order valence-electron chi connectivity index (χ4n) is 4.07. The molecule has 4 rings (SSSR count). The van der Waals surface area contributed by atoms with Crippen molar-refractivity contribution < 1.29 is 4.79 Å². The van der Waals surface area contributed by atoms with Crippen LogP contribution in [-0.2, 0) is 11.2 Å². The Labute approximate surface area is 147 Å². The van der Waals surface area contributed by atoms with E-state index in [9.17, 15) is 4.79 Å². The van der Waals surface area contributed by atoms with Crippen LogP contribution in [0.5, 0.6) is 0 Å². The number of anilines is 1. The number of hydrogen-bond acceptors (Lipinski definition) is 3. The van der Waals surface area contributed by atoms with Crippen molar-refractivity contribution in [1.82, 2.24) is 5.32 Å². The van der Waals surface area contributed by atoms with E-state index in [1.54, 1.807) is 11.3 Å². The second-order valence-corrected chi connectivity index (χ2v) is 7.92. The number of carbonyl (C=O) groups is 1. The molecule has 0 saturated heterocycles. The number of rotatable bonds is 3. The van der Waals surface area contributed by atoms with Crippen LogP contribution in [-0.4, -0.2) is 11.9 Å². The summed E-state index contributed by atoms with van der Waals surface area (Å²) in [5.74, 6) is 0.735. The van der Waals surface area contributed by atoms with Crippen LogP contribution in [0.25, 0.3) is 0 Å². The van der Waals surface area contributed by atoms with Crippen molar-refractivity contribution in [2.75, 3.05) is 5.32 Å². The van der Waals surface area contributed by atoms with E-state index in [0.717, 1.165) is 12.1 Å². The number of nitrogens with one attached hydrogen (secondary N) is 2. The molecule has 2 atom stereocenters. The number of amides is 1. The third kappa shape index (κ3) is 3.26. The van der Waals surface area contributed by atoms with Crippen molar-refractivity contribution in [3.8, 4) is 0 Å². The molecule has 1 aromatic heterocycles. The molecule has 3 nitrogen and oxygen atoms in total. The SMILES string of the molecule is O=C1Nc2ccsc2[C@H](C2CCCCC2)N[C@H]1Cc1ccccc1. The first-order chi connectivity index (χ1) is 11.8. The molecule has 2 aromatic rings. The van der Waals surface area contributed by atoms with E-state index in [1.165, 1.54) is 42.5 Å². The highest BCUT2D eigenvalue weighted by atomic mass is 32.1. The summed E-state index contributed by atoms with van der Waals surface area (Å²) >= 11 is 1.77. The maximum atomic E-state index is 12.7. The van der Waals surface area contributed by atoms with Gasteiger partial charge in [-0.1, -0.05) is 49.6 Å². The zero-order valence-electron chi connectivity index (χ0n) is 13.8. The summed E-state index contributed by atoms with van der Waals surface area (Å²) in [4.78, 5) is 14.0. The molecule has 0 radical (unpaired) electrons. The van der Waals surface area contributed by atoms with Gasteiger partial charge in [-0.2, -0.15) is 0 Å². The van der Waals surface area contributed by atoms with Gasteiger partial charge in [-0.25, -0.2) is 0 Å². The Hall–Kier alpha value is -1.65. The minimum absolute atomic E-state index is 0.0943. The van der Waals surface area contributed by atoms with Crippen molar-refractivity contribution >= 4 is 22.9 Å². The van der Waals surface area contributed by atoms with Crippen LogP contribution >= 0.6 is 11.3 Å². The van der Waals surface area contributed by atoms with Crippen LogP contribution in [0.15, 0.2) is 41.8 Å². The first-order valence-corrected chi connectivity index (χ1v) is 9.87. The van der Waals surface area contributed by atoms with E-state index in [0.29, 0.717) is 12.0 Å². The molecule has 1 aromatic carbocycles. The van der Waals surface area contributed by atoms with Gasteiger partial charge < -0.3 is 5.32 Å². The average Bonchev–Trinajstić information content (AvgIpc) is 3.03. The lowest BCUT2D eigenvalue weighted by molar-refractivity contribution is -0.118. The van der Waals surface area contributed by atoms with E-state index in [-0.39, 0.29) is 11.9 Å². The number of fused-ring (bicyclic) bond motifs is 1. The number of benzene rings is 1. The molecule has 2 aliphatic rings. The second kappa shape index (κ2) is 7.08. The molecular formula is C20H24N2OS. The summed E-state index contributed by atoms with van der Waals surface area (Å²) < 4.78 is 0. The van der Waals surface area contributed by atoms with Gasteiger partial charge in [-0.3, -0.25) is 10.1 Å². The van der Waals surface area contributed by atoms with Crippen LogP contribution in [0.2, 0.25) is 0 Å². The van der Waals surface area contributed by atoms with E-state index in [4.69, 9.17) is 0 Å². The van der Waals surface area contributed by atoms with Gasteiger partial charge in [0.25, 0.3) is 0 Å². The number of hydrogen-bond donors (Lipinski definition) is 2. The van der Waals surface area contributed by atoms with Gasteiger partial charge in [-0.05, 0) is 42.2 Å². The fraction of sp³-hybridized carbons (Fsp3) is 0.450. The minimum atomic E-state index is -0.168. The summed E-state index contributed by atoms with van der Waals surface area (Å²) in [5.41, 5.74) is 2.22. The topological polar surface area (TPSA) is 41.1 Å². The lowest BCUT2D eigenvalue weighted by Crippen LogP contribution is -2.43. The Morgan fingerprint density at radius 3 is 2.62 bits per heavy atom. The minimum Gasteiger partial charge on any atom is -0.324 e. The Morgan fingerprint density at radius 1 is 1.04 bits per heavy atom. The van der Waals surface area contributed by atoms with Gasteiger partial charge in [0.05, 0.1) is 11.7 Å². The first-order valence-electron chi connectivity index (χ1n) is 8.99. The Morgan fingerprint density at radius 2 is 1.83 bits per heavy atom. The molecule has 2 heterocycles. The summed E-state index contributed by atoms with van der Waals surface area (Å²) in [6, 6.07) is 12.5. The Bertz CT molecular complexity index is 691. The third-order valence-electron chi connectivity index (χ3n) is 5.34. The van der Waals surface area contributed by atoms with Crippen LogP contribution in [0.4, 0.5) is 5.69 Å². The van der Waals surface area contributed by atoms with E-state index >= 15 is 0 Å². The molecule has 0 unspecified atom stereocenters. The van der Waals surface area contributed by atoms with Crippen molar-refractivity contribution in [3.63, 3.8) is 0 Å². The van der Waals surface area contributed by atoms with Gasteiger partial charge in [0.2, 0.25) is 5.91 Å². The first kappa shape index (κ1) is 15.9. The molecule has 24 heavy (non-hydrogen) atoms. The predicted molar refractivity (Wildman–Crippen MR) is 99.3 cm³/mol. The van der Waals surface area contributed by atoms with Gasteiger partial charge in [-0.15, -0.1) is 11.3 Å². The van der Waals surface area contributed by atoms with Gasteiger partial charge in [0, 0.05) is 10.9 Å². The molecule has 1 amide bonds. The molecule has 1 aliphatic heterocycles. The molecular weight excluding hydrogens is 316 g/mol. The van der Waals surface area contributed by atoms with Crippen LogP contribution in [0.1, 0.15) is 48.6 Å². The normalized spacial score (nSPS) is 24.9. The van der Waals surface area contributed by atoms with Crippen molar-refractivity contribution in [3.05, 3.63) is 52.2 Å². The van der Waals surface area contributed by atoms with E-state index in [2.05, 4.69) is 34.2 Å². The molecule has 2 N–H and O–H groups in total. The molecule has 1 aliphatic carbocycles. The summed E-state index contributed by atoms with van der Waals surface area (Å²) in [6.07, 6.45) is 7.25.